The van der Waals surface area contributed by atoms with E-state index in [2.05, 4.69) is 26.1 Å². The maximum atomic E-state index is 12.2. The molecule has 2 atom stereocenters. The van der Waals surface area contributed by atoms with Crippen molar-refractivity contribution in [2.75, 3.05) is 12.4 Å². The molecule has 0 aliphatic heterocycles. The van der Waals surface area contributed by atoms with Gasteiger partial charge in [-0.3, -0.25) is 0 Å². The molecule has 0 saturated heterocycles. The van der Waals surface area contributed by atoms with Crippen molar-refractivity contribution >= 4 is 11.7 Å². The zero-order chi connectivity index (χ0) is 14.8. The molecular weight excluding hydrogens is 250 g/mol. The molecule has 0 spiro atoms. The van der Waals surface area contributed by atoms with Crippen LogP contribution >= 0.6 is 0 Å². The van der Waals surface area contributed by atoms with Gasteiger partial charge in [0, 0.05) is 12.7 Å². The molecule has 3 nitrogen and oxygen atoms in total. The van der Waals surface area contributed by atoms with Crippen LogP contribution in [0.25, 0.3) is 0 Å². The Morgan fingerprint density at radius 3 is 2.45 bits per heavy atom. The molecule has 0 aromatic heterocycles. The lowest BCUT2D eigenvalue weighted by Gasteiger charge is -2.38. The standard InChI is InChI=1S/C17H25NO2/c1-12-9-15(11-17(2,3)10-12)20-16(19)13-5-7-14(18-4)8-6-13/h5-8,12,15,18H,9-11H2,1-4H3. The number of rotatable bonds is 3. The van der Waals surface area contributed by atoms with Gasteiger partial charge in [0.05, 0.1) is 5.56 Å². The summed E-state index contributed by atoms with van der Waals surface area (Å²) in [6.45, 7) is 6.75. The van der Waals surface area contributed by atoms with Crippen molar-refractivity contribution in [2.45, 2.75) is 46.1 Å². The van der Waals surface area contributed by atoms with Gasteiger partial charge in [-0.1, -0.05) is 20.8 Å². The lowest BCUT2D eigenvalue weighted by Crippen LogP contribution is -2.33. The summed E-state index contributed by atoms with van der Waals surface area (Å²) < 4.78 is 5.70. The Balaban J connectivity index is 1.99. The molecule has 20 heavy (non-hydrogen) atoms. The fraction of sp³-hybridized carbons (Fsp3) is 0.588. The molecule has 1 aliphatic rings. The van der Waals surface area contributed by atoms with Crippen molar-refractivity contribution in [1.29, 1.82) is 0 Å². The van der Waals surface area contributed by atoms with Gasteiger partial charge >= 0.3 is 5.97 Å². The third-order valence-electron chi connectivity index (χ3n) is 4.03. The van der Waals surface area contributed by atoms with Gasteiger partial charge in [0.25, 0.3) is 0 Å². The fourth-order valence-electron chi connectivity index (χ4n) is 3.34. The highest BCUT2D eigenvalue weighted by Gasteiger charge is 2.34. The highest BCUT2D eigenvalue weighted by molar-refractivity contribution is 5.89. The largest absolute Gasteiger partial charge is 0.459 e. The van der Waals surface area contributed by atoms with E-state index in [-0.39, 0.29) is 17.5 Å². The zero-order valence-corrected chi connectivity index (χ0v) is 12.9. The molecule has 0 radical (unpaired) electrons. The van der Waals surface area contributed by atoms with Crippen LogP contribution in [0.1, 0.15) is 50.4 Å². The van der Waals surface area contributed by atoms with Crippen molar-refractivity contribution < 1.29 is 9.53 Å². The Morgan fingerprint density at radius 2 is 1.90 bits per heavy atom. The van der Waals surface area contributed by atoms with Crippen LogP contribution in [-0.4, -0.2) is 19.1 Å². The second kappa shape index (κ2) is 5.86. The number of anilines is 1. The summed E-state index contributed by atoms with van der Waals surface area (Å²) in [6, 6.07) is 7.41. The lowest BCUT2D eigenvalue weighted by molar-refractivity contribution is -0.00714. The highest BCUT2D eigenvalue weighted by atomic mass is 16.5. The number of carbonyl (C=O) groups is 1. The Kier molecular flexibility index (Phi) is 4.36. The normalized spacial score (nSPS) is 25.0. The van der Waals surface area contributed by atoms with Gasteiger partial charge in [0.15, 0.2) is 0 Å². The van der Waals surface area contributed by atoms with Crippen molar-refractivity contribution in [1.82, 2.24) is 0 Å². The summed E-state index contributed by atoms with van der Waals surface area (Å²) in [5, 5.41) is 3.04. The summed E-state index contributed by atoms with van der Waals surface area (Å²) in [4.78, 5) is 12.2. The van der Waals surface area contributed by atoms with E-state index in [1.54, 1.807) is 0 Å². The molecule has 1 fully saturated rings. The van der Waals surface area contributed by atoms with Crippen molar-refractivity contribution in [2.24, 2.45) is 11.3 Å². The van der Waals surface area contributed by atoms with E-state index >= 15 is 0 Å². The Labute approximate surface area is 121 Å². The van der Waals surface area contributed by atoms with Crippen LogP contribution in [0.5, 0.6) is 0 Å². The molecule has 0 amide bonds. The van der Waals surface area contributed by atoms with Crippen molar-refractivity contribution in [3.63, 3.8) is 0 Å². The lowest BCUT2D eigenvalue weighted by atomic mass is 9.71. The van der Waals surface area contributed by atoms with E-state index in [9.17, 15) is 4.79 Å². The van der Waals surface area contributed by atoms with Crippen molar-refractivity contribution in [3.8, 4) is 0 Å². The number of carbonyl (C=O) groups excluding carboxylic acids is 1. The van der Waals surface area contributed by atoms with Crippen LogP contribution in [0.4, 0.5) is 5.69 Å². The van der Waals surface area contributed by atoms with Gasteiger partial charge in [-0.25, -0.2) is 4.79 Å². The zero-order valence-electron chi connectivity index (χ0n) is 12.9. The van der Waals surface area contributed by atoms with Crippen LogP contribution in [0.3, 0.4) is 0 Å². The van der Waals surface area contributed by atoms with E-state index in [0.29, 0.717) is 11.5 Å². The molecule has 0 bridgehead atoms. The van der Waals surface area contributed by atoms with Gasteiger partial charge in [-0.2, -0.15) is 0 Å². The molecule has 1 aliphatic carbocycles. The Hall–Kier alpha value is -1.51. The first-order chi connectivity index (χ1) is 9.39. The highest BCUT2D eigenvalue weighted by Crippen LogP contribution is 2.39. The predicted octanol–water partition coefficient (Wildman–Crippen LogP) is 4.10. The van der Waals surface area contributed by atoms with Crippen LogP contribution in [0.15, 0.2) is 24.3 Å². The topological polar surface area (TPSA) is 38.3 Å². The molecule has 3 heteroatoms. The van der Waals surface area contributed by atoms with Crippen LogP contribution in [-0.2, 0) is 4.74 Å². The van der Waals surface area contributed by atoms with Gasteiger partial charge < -0.3 is 10.1 Å². The summed E-state index contributed by atoms with van der Waals surface area (Å²) in [5.41, 5.74) is 1.88. The van der Waals surface area contributed by atoms with Gasteiger partial charge in [0.1, 0.15) is 6.10 Å². The smallest absolute Gasteiger partial charge is 0.338 e. The quantitative estimate of drug-likeness (QED) is 0.844. The summed E-state index contributed by atoms with van der Waals surface area (Å²) in [6.07, 6.45) is 3.18. The van der Waals surface area contributed by atoms with Crippen LogP contribution < -0.4 is 5.32 Å². The molecule has 1 aromatic rings. The van der Waals surface area contributed by atoms with E-state index in [0.717, 1.165) is 18.5 Å². The second-order valence-electron chi connectivity index (χ2n) is 6.77. The summed E-state index contributed by atoms with van der Waals surface area (Å²) in [7, 11) is 1.86. The first kappa shape index (κ1) is 14.9. The number of hydrogen-bond donors (Lipinski definition) is 1. The Morgan fingerprint density at radius 1 is 1.25 bits per heavy atom. The second-order valence-corrected chi connectivity index (χ2v) is 6.77. The number of ether oxygens (including phenoxy) is 1. The van der Waals surface area contributed by atoms with E-state index in [1.807, 2.05) is 31.3 Å². The fourth-order valence-corrected chi connectivity index (χ4v) is 3.34. The molecule has 2 unspecified atom stereocenters. The van der Waals surface area contributed by atoms with E-state index in [1.165, 1.54) is 6.42 Å². The third-order valence-corrected chi connectivity index (χ3v) is 4.03. The van der Waals surface area contributed by atoms with Crippen LogP contribution in [0, 0.1) is 11.3 Å². The summed E-state index contributed by atoms with van der Waals surface area (Å²) >= 11 is 0. The van der Waals surface area contributed by atoms with Gasteiger partial charge in [0.2, 0.25) is 0 Å². The molecule has 1 saturated carbocycles. The minimum absolute atomic E-state index is 0.0465. The number of benzene rings is 1. The minimum atomic E-state index is -0.206. The SMILES string of the molecule is CNc1ccc(C(=O)OC2CC(C)CC(C)(C)C2)cc1. The number of esters is 1. The maximum absolute atomic E-state index is 12.2. The van der Waals surface area contributed by atoms with E-state index in [4.69, 9.17) is 4.74 Å². The molecule has 110 valence electrons. The minimum Gasteiger partial charge on any atom is -0.459 e. The first-order valence-corrected chi connectivity index (χ1v) is 7.38. The number of hydrogen-bond acceptors (Lipinski definition) is 3. The average Bonchev–Trinajstić information content (AvgIpc) is 2.36. The Bertz CT molecular complexity index is 464. The maximum Gasteiger partial charge on any atom is 0.338 e. The molecule has 0 heterocycles. The number of nitrogens with one attached hydrogen (secondary N) is 1. The van der Waals surface area contributed by atoms with Crippen molar-refractivity contribution in [3.05, 3.63) is 29.8 Å². The van der Waals surface area contributed by atoms with E-state index < -0.39 is 0 Å². The summed E-state index contributed by atoms with van der Waals surface area (Å²) in [5.74, 6) is 0.408. The monoisotopic (exact) mass is 275 g/mol. The van der Waals surface area contributed by atoms with Crippen LogP contribution in [0.2, 0.25) is 0 Å². The predicted molar refractivity (Wildman–Crippen MR) is 82.0 cm³/mol. The van der Waals surface area contributed by atoms with Gasteiger partial charge in [-0.15, -0.1) is 0 Å². The first-order valence-electron chi connectivity index (χ1n) is 7.38. The van der Waals surface area contributed by atoms with Gasteiger partial charge in [-0.05, 0) is 54.9 Å². The third kappa shape index (κ3) is 3.75. The molecule has 1 aromatic carbocycles. The average molecular weight is 275 g/mol. The molecule has 1 N–H and O–H groups in total. The molecule has 2 rings (SSSR count). The molecular formula is C17H25NO2.